The predicted molar refractivity (Wildman–Crippen MR) is 88.6 cm³/mol. The first-order valence-corrected chi connectivity index (χ1v) is 8.50. The topological polar surface area (TPSA) is 50.3 Å². The number of fused-ring (bicyclic) bond motifs is 1. The highest BCUT2D eigenvalue weighted by molar-refractivity contribution is 7.18. The normalized spacial score (nSPS) is 16.2. The maximum atomic E-state index is 5.56. The smallest absolute Gasteiger partial charge is 0.226 e. The van der Waals surface area contributed by atoms with Crippen molar-refractivity contribution in [2.45, 2.75) is 26.7 Å². The number of nitrogens with one attached hydrogen (secondary N) is 1. The summed E-state index contributed by atoms with van der Waals surface area (Å²) in [5.41, 5.74) is 0. The molecule has 114 valence electrons. The minimum atomic E-state index is 0.731. The second-order valence-corrected chi connectivity index (χ2v) is 6.25. The quantitative estimate of drug-likeness (QED) is 0.941. The van der Waals surface area contributed by atoms with E-state index in [9.17, 15) is 0 Å². The molecule has 5 nitrogen and oxygen atoms in total. The predicted octanol–water partition coefficient (Wildman–Crippen LogP) is 2.91. The summed E-state index contributed by atoms with van der Waals surface area (Å²) in [4.78, 5) is 14.2. The van der Waals surface area contributed by atoms with Gasteiger partial charge in [-0.25, -0.2) is 4.98 Å². The Bertz CT molecular complexity index is 605. The fourth-order valence-corrected chi connectivity index (χ4v) is 3.53. The van der Waals surface area contributed by atoms with Crippen LogP contribution >= 0.6 is 11.3 Å². The molecule has 21 heavy (non-hydrogen) atoms. The molecule has 0 radical (unpaired) electrons. The number of thiophene rings is 1. The standard InChI is InChI=1S/C15H22N4OS/c1-3-11-10-12-13(19-6-5-8-20-9-7-19)17-15(16-4-2)18-14(12)21-11/h10H,3-9H2,1-2H3,(H,16,17,18). The molecule has 0 bridgehead atoms. The van der Waals surface area contributed by atoms with Crippen molar-refractivity contribution in [2.75, 3.05) is 43.1 Å². The van der Waals surface area contributed by atoms with Crippen molar-refractivity contribution in [2.24, 2.45) is 0 Å². The van der Waals surface area contributed by atoms with Crippen LogP contribution in [0.3, 0.4) is 0 Å². The largest absolute Gasteiger partial charge is 0.380 e. The van der Waals surface area contributed by atoms with Gasteiger partial charge in [0.15, 0.2) is 0 Å². The van der Waals surface area contributed by atoms with E-state index in [0.717, 1.165) is 62.3 Å². The van der Waals surface area contributed by atoms with Crippen molar-refractivity contribution in [3.05, 3.63) is 10.9 Å². The molecule has 0 spiro atoms. The van der Waals surface area contributed by atoms with Crippen molar-refractivity contribution in [3.8, 4) is 0 Å². The van der Waals surface area contributed by atoms with Crippen LogP contribution in [0.2, 0.25) is 0 Å². The lowest BCUT2D eigenvalue weighted by Crippen LogP contribution is -2.27. The Morgan fingerprint density at radius 2 is 2.19 bits per heavy atom. The molecular formula is C15H22N4OS. The fourth-order valence-electron chi connectivity index (χ4n) is 2.57. The Hall–Kier alpha value is -1.40. The number of hydrogen-bond donors (Lipinski definition) is 1. The molecule has 0 atom stereocenters. The number of rotatable bonds is 4. The van der Waals surface area contributed by atoms with Crippen molar-refractivity contribution in [1.82, 2.24) is 9.97 Å². The van der Waals surface area contributed by atoms with Crippen molar-refractivity contribution in [1.29, 1.82) is 0 Å². The number of ether oxygens (including phenoxy) is 1. The first-order valence-electron chi connectivity index (χ1n) is 7.68. The minimum absolute atomic E-state index is 0.731. The molecule has 1 aliphatic heterocycles. The maximum absolute atomic E-state index is 5.56. The first-order chi connectivity index (χ1) is 10.3. The Labute approximate surface area is 129 Å². The number of hydrogen-bond acceptors (Lipinski definition) is 6. The zero-order valence-electron chi connectivity index (χ0n) is 12.7. The SMILES string of the molecule is CCNc1nc(N2CCCOCC2)c2cc(CC)sc2n1. The van der Waals surface area contributed by atoms with Crippen LogP contribution in [-0.4, -0.2) is 42.8 Å². The third kappa shape index (κ3) is 3.11. The van der Waals surface area contributed by atoms with Gasteiger partial charge >= 0.3 is 0 Å². The van der Waals surface area contributed by atoms with Crippen LogP contribution in [-0.2, 0) is 11.2 Å². The summed E-state index contributed by atoms with van der Waals surface area (Å²) in [7, 11) is 0. The van der Waals surface area contributed by atoms with Gasteiger partial charge in [-0.1, -0.05) is 6.92 Å². The summed E-state index contributed by atoms with van der Waals surface area (Å²) < 4.78 is 5.56. The summed E-state index contributed by atoms with van der Waals surface area (Å²) >= 11 is 1.77. The molecule has 0 aliphatic carbocycles. The van der Waals surface area contributed by atoms with E-state index in [2.05, 4.69) is 35.1 Å². The van der Waals surface area contributed by atoms with Gasteiger partial charge in [-0.15, -0.1) is 11.3 Å². The molecule has 3 heterocycles. The van der Waals surface area contributed by atoms with Crippen LogP contribution in [0, 0.1) is 0 Å². The fraction of sp³-hybridized carbons (Fsp3) is 0.600. The molecule has 0 saturated carbocycles. The highest BCUT2D eigenvalue weighted by atomic mass is 32.1. The van der Waals surface area contributed by atoms with Crippen LogP contribution in [0.25, 0.3) is 10.2 Å². The van der Waals surface area contributed by atoms with Crippen LogP contribution < -0.4 is 10.2 Å². The van der Waals surface area contributed by atoms with Crippen molar-refractivity contribution < 1.29 is 4.74 Å². The third-order valence-electron chi connectivity index (χ3n) is 3.63. The van der Waals surface area contributed by atoms with E-state index < -0.39 is 0 Å². The highest BCUT2D eigenvalue weighted by Crippen LogP contribution is 2.32. The van der Waals surface area contributed by atoms with Crippen LogP contribution in [0.15, 0.2) is 6.07 Å². The molecule has 0 aromatic carbocycles. The second-order valence-electron chi connectivity index (χ2n) is 5.14. The zero-order valence-corrected chi connectivity index (χ0v) is 13.5. The van der Waals surface area contributed by atoms with Gasteiger partial charge < -0.3 is 15.0 Å². The van der Waals surface area contributed by atoms with Gasteiger partial charge in [0.05, 0.1) is 12.0 Å². The van der Waals surface area contributed by atoms with Gasteiger partial charge in [0.25, 0.3) is 0 Å². The van der Waals surface area contributed by atoms with Gasteiger partial charge in [-0.05, 0) is 25.8 Å². The average molecular weight is 306 g/mol. The Kier molecular flexibility index (Phi) is 4.55. The molecule has 2 aromatic rings. The summed E-state index contributed by atoms with van der Waals surface area (Å²) in [5.74, 6) is 1.78. The van der Waals surface area contributed by atoms with Gasteiger partial charge in [-0.2, -0.15) is 4.98 Å². The average Bonchev–Trinajstić information content (AvgIpc) is 2.72. The van der Waals surface area contributed by atoms with Crippen molar-refractivity contribution >= 4 is 33.3 Å². The highest BCUT2D eigenvalue weighted by Gasteiger charge is 2.18. The van der Waals surface area contributed by atoms with Gasteiger partial charge in [-0.3, -0.25) is 0 Å². The van der Waals surface area contributed by atoms with E-state index >= 15 is 0 Å². The first kappa shape index (κ1) is 14.5. The molecule has 1 saturated heterocycles. The van der Waals surface area contributed by atoms with E-state index in [0.29, 0.717) is 0 Å². The summed E-state index contributed by atoms with van der Waals surface area (Å²) in [6.45, 7) is 8.59. The molecule has 3 rings (SSSR count). The Balaban J connectivity index is 2.05. The summed E-state index contributed by atoms with van der Waals surface area (Å²) in [5, 5.41) is 4.43. The lowest BCUT2D eigenvalue weighted by molar-refractivity contribution is 0.152. The molecule has 1 fully saturated rings. The Morgan fingerprint density at radius 3 is 3.00 bits per heavy atom. The van der Waals surface area contributed by atoms with E-state index in [1.165, 1.54) is 10.3 Å². The van der Waals surface area contributed by atoms with Gasteiger partial charge in [0.2, 0.25) is 5.95 Å². The van der Waals surface area contributed by atoms with E-state index in [4.69, 9.17) is 9.72 Å². The molecule has 1 aliphatic rings. The minimum Gasteiger partial charge on any atom is -0.380 e. The lowest BCUT2D eigenvalue weighted by atomic mass is 10.3. The number of nitrogens with zero attached hydrogens (tertiary/aromatic N) is 3. The lowest BCUT2D eigenvalue weighted by Gasteiger charge is -2.22. The summed E-state index contributed by atoms with van der Waals surface area (Å²) in [6.07, 6.45) is 2.09. The van der Waals surface area contributed by atoms with E-state index in [1.807, 2.05) is 0 Å². The third-order valence-corrected chi connectivity index (χ3v) is 4.80. The van der Waals surface area contributed by atoms with Gasteiger partial charge in [0.1, 0.15) is 10.6 Å². The maximum Gasteiger partial charge on any atom is 0.226 e. The van der Waals surface area contributed by atoms with Crippen LogP contribution in [0.4, 0.5) is 11.8 Å². The zero-order chi connectivity index (χ0) is 14.7. The number of aromatic nitrogens is 2. The summed E-state index contributed by atoms with van der Waals surface area (Å²) in [6, 6.07) is 2.25. The molecule has 6 heteroatoms. The Morgan fingerprint density at radius 1 is 1.29 bits per heavy atom. The monoisotopic (exact) mass is 306 g/mol. The van der Waals surface area contributed by atoms with Crippen molar-refractivity contribution in [3.63, 3.8) is 0 Å². The number of anilines is 2. The molecule has 1 N–H and O–H groups in total. The molecule has 0 unspecified atom stereocenters. The molecule has 0 amide bonds. The van der Waals surface area contributed by atoms with Gasteiger partial charge in [0, 0.05) is 31.1 Å². The van der Waals surface area contributed by atoms with Crippen LogP contribution in [0.1, 0.15) is 25.1 Å². The molecular weight excluding hydrogens is 284 g/mol. The molecule has 2 aromatic heterocycles. The van der Waals surface area contributed by atoms with Crippen LogP contribution in [0.5, 0.6) is 0 Å². The second kappa shape index (κ2) is 6.58. The van der Waals surface area contributed by atoms with E-state index in [1.54, 1.807) is 11.3 Å². The number of aryl methyl sites for hydroxylation is 1. The van der Waals surface area contributed by atoms with E-state index in [-0.39, 0.29) is 0 Å².